The van der Waals surface area contributed by atoms with E-state index < -0.39 is 27.6 Å². The van der Waals surface area contributed by atoms with Crippen molar-refractivity contribution >= 4 is 15.7 Å². The van der Waals surface area contributed by atoms with Gasteiger partial charge >= 0.3 is 0 Å². The first-order chi connectivity index (χ1) is 8.31. The van der Waals surface area contributed by atoms with Gasteiger partial charge in [-0.1, -0.05) is 6.07 Å². The summed E-state index contributed by atoms with van der Waals surface area (Å²) in [5, 5.41) is 9.06. The number of ether oxygens (including phenoxy) is 1. The van der Waals surface area contributed by atoms with E-state index in [1.165, 1.54) is 18.2 Å². The van der Waals surface area contributed by atoms with Crippen LogP contribution in [0.2, 0.25) is 0 Å². The molecule has 0 heterocycles. The Morgan fingerprint density at radius 1 is 1.50 bits per heavy atom. The third-order valence-electron chi connectivity index (χ3n) is 1.99. The Balaban J connectivity index is 2.91. The maximum absolute atomic E-state index is 11.7. The van der Waals surface area contributed by atoms with Crippen LogP contribution in [0.5, 0.6) is 5.75 Å². The van der Waals surface area contributed by atoms with Crippen LogP contribution in [0.1, 0.15) is 6.92 Å². The number of amides is 1. The summed E-state index contributed by atoms with van der Waals surface area (Å²) in [6.07, 6.45) is -0.657. The van der Waals surface area contributed by atoms with Crippen molar-refractivity contribution in [3.63, 3.8) is 0 Å². The number of hydrogen-bond acceptors (Lipinski definition) is 5. The molecule has 1 rings (SSSR count). The highest BCUT2D eigenvalue weighted by Gasteiger charge is 2.18. The minimum atomic E-state index is -3.74. The second-order valence-electron chi connectivity index (χ2n) is 3.86. The molecule has 1 aromatic carbocycles. The molecule has 0 unspecified atom stereocenters. The number of hydrogen-bond donors (Lipinski definition) is 2. The molecule has 0 fully saturated rings. The zero-order chi connectivity index (χ0) is 13.8. The number of carbonyl (C=O) groups is 1. The first-order valence-corrected chi connectivity index (χ1v) is 6.88. The molecule has 0 aliphatic heterocycles. The van der Waals surface area contributed by atoms with E-state index in [0.29, 0.717) is 5.75 Å². The number of rotatable bonds is 6. The van der Waals surface area contributed by atoms with E-state index in [2.05, 4.69) is 0 Å². The van der Waals surface area contributed by atoms with E-state index in [1.807, 2.05) is 0 Å². The number of sulfone groups is 1. The molecule has 0 radical (unpaired) electrons. The lowest BCUT2D eigenvalue weighted by Crippen LogP contribution is -2.23. The van der Waals surface area contributed by atoms with Crippen LogP contribution in [0.3, 0.4) is 0 Å². The van der Waals surface area contributed by atoms with Gasteiger partial charge < -0.3 is 15.6 Å². The fourth-order valence-corrected chi connectivity index (χ4v) is 2.37. The van der Waals surface area contributed by atoms with Gasteiger partial charge in [-0.3, -0.25) is 4.79 Å². The third kappa shape index (κ3) is 4.34. The molecule has 0 aromatic heterocycles. The lowest BCUT2D eigenvalue weighted by molar-refractivity contribution is -0.115. The van der Waals surface area contributed by atoms with Gasteiger partial charge in [-0.05, 0) is 25.1 Å². The summed E-state index contributed by atoms with van der Waals surface area (Å²) in [4.78, 5) is 10.6. The SMILES string of the molecule is C[C@H](O)COc1cccc(S(=O)(=O)CC(N)=O)c1. The lowest BCUT2D eigenvalue weighted by Gasteiger charge is -2.09. The quantitative estimate of drug-likeness (QED) is 0.740. The van der Waals surface area contributed by atoms with Gasteiger partial charge in [0.15, 0.2) is 9.84 Å². The molecule has 0 spiro atoms. The van der Waals surface area contributed by atoms with Crippen molar-refractivity contribution in [1.82, 2.24) is 0 Å². The minimum absolute atomic E-state index is 0.0376. The maximum atomic E-state index is 11.7. The summed E-state index contributed by atoms with van der Waals surface area (Å²) in [5.41, 5.74) is 4.87. The molecule has 1 atom stereocenters. The van der Waals surface area contributed by atoms with Crippen LogP contribution < -0.4 is 10.5 Å². The first-order valence-electron chi connectivity index (χ1n) is 5.23. The van der Waals surface area contributed by atoms with Crippen molar-refractivity contribution in [2.24, 2.45) is 5.73 Å². The summed E-state index contributed by atoms with van der Waals surface area (Å²) in [6, 6.07) is 5.70. The van der Waals surface area contributed by atoms with Crippen molar-refractivity contribution in [2.45, 2.75) is 17.9 Å². The van der Waals surface area contributed by atoms with Gasteiger partial charge in [0.25, 0.3) is 0 Å². The summed E-state index contributed by atoms with van der Waals surface area (Å²) < 4.78 is 28.6. The zero-order valence-electron chi connectivity index (χ0n) is 9.87. The third-order valence-corrected chi connectivity index (χ3v) is 3.62. The molecule has 0 aliphatic rings. The normalized spacial score (nSPS) is 13.0. The van der Waals surface area contributed by atoms with Crippen LogP contribution in [-0.2, 0) is 14.6 Å². The summed E-state index contributed by atoms with van der Waals surface area (Å²) in [6.45, 7) is 1.60. The van der Waals surface area contributed by atoms with Crippen molar-refractivity contribution in [2.75, 3.05) is 12.4 Å². The molecular weight excluding hydrogens is 258 g/mol. The smallest absolute Gasteiger partial charge is 0.233 e. The predicted molar refractivity (Wildman–Crippen MR) is 64.9 cm³/mol. The van der Waals surface area contributed by atoms with Gasteiger partial charge in [0, 0.05) is 0 Å². The second kappa shape index (κ2) is 5.83. The van der Waals surface area contributed by atoms with Crippen LogP contribution in [-0.4, -0.2) is 37.9 Å². The lowest BCUT2D eigenvalue weighted by atomic mass is 10.3. The molecule has 100 valence electrons. The highest BCUT2D eigenvalue weighted by Crippen LogP contribution is 2.18. The molecule has 3 N–H and O–H groups in total. The Kier molecular flexibility index (Phi) is 4.69. The van der Waals surface area contributed by atoms with E-state index >= 15 is 0 Å². The predicted octanol–water partition coefficient (Wildman–Crippen LogP) is -0.295. The van der Waals surface area contributed by atoms with Crippen molar-refractivity contribution in [1.29, 1.82) is 0 Å². The maximum Gasteiger partial charge on any atom is 0.233 e. The second-order valence-corrected chi connectivity index (χ2v) is 5.85. The molecule has 0 bridgehead atoms. The van der Waals surface area contributed by atoms with Crippen LogP contribution in [0.15, 0.2) is 29.2 Å². The van der Waals surface area contributed by atoms with Crippen molar-refractivity contribution in [3.8, 4) is 5.75 Å². The largest absolute Gasteiger partial charge is 0.491 e. The van der Waals surface area contributed by atoms with Gasteiger partial charge in [0.2, 0.25) is 5.91 Å². The Labute approximate surface area is 105 Å². The van der Waals surface area contributed by atoms with Gasteiger partial charge in [0.05, 0.1) is 11.0 Å². The molecule has 0 aliphatic carbocycles. The van der Waals surface area contributed by atoms with Crippen molar-refractivity contribution < 1.29 is 23.1 Å². The van der Waals surface area contributed by atoms with Crippen LogP contribution in [0.4, 0.5) is 0 Å². The van der Waals surface area contributed by atoms with Crippen LogP contribution >= 0.6 is 0 Å². The first kappa shape index (κ1) is 14.5. The van der Waals surface area contributed by atoms with Gasteiger partial charge in [0.1, 0.15) is 18.1 Å². The van der Waals surface area contributed by atoms with E-state index in [1.54, 1.807) is 13.0 Å². The number of benzene rings is 1. The summed E-state index contributed by atoms with van der Waals surface area (Å²) >= 11 is 0. The fraction of sp³-hybridized carbons (Fsp3) is 0.364. The Morgan fingerprint density at radius 2 is 2.17 bits per heavy atom. The number of carbonyl (C=O) groups excluding carboxylic acids is 1. The average molecular weight is 273 g/mol. The van der Waals surface area contributed by atoms with Gasteiger partial charge in [-0.2, -0.15) is 0 Å². The Hall–Kier alpha value is -1.60. The van der Waals surface area contributed by atoms with Gasteiger partial charge in [-0.25, -0.2) is 8.42 Å². The number of primary amides is 1. The molecule has 1 amide bonds. The highest BCUT2D eigenvalue weighted by molar-refractivity contribution is 7.92. The molecule has 18 heavy (non-hydrogen) atoms. The molecular formula is C11H15NO5S. The monoisotopic (exact) mass is 273 g/mol. The fourth-order valence-electron chi connectivity index (χ4n) is 1.24. The Bertz CT molecular complexity index is 524. The molecule has 0 saturated heterocycles. The minimum Gasteiger partial charge on any atom is -0.491 e. The molecule has 7 heteroatoms. The topological polar surface area (TPSA) is 107 Å². The standard InChI is InChI=1S/C11H15NO5S/c1-8(13)6-17-9-3-2-4-10(5-9)18(15,16)7-11(12)14/h2-5,8,13H,6-7H2,1H3,(H2,12,14)/t8-/m0/s1. The van der Waals surface area contributed by atoms with E-state index in [4.69, 9.17) is 15.6 Å². The number of aliphatic hydroxyl groups is 1. The highest BCUT2D eigenvalue weighted by atomic mass is 32.2. The van der Waals surface area contributed by atoms with E-state index in [0.717, 1.165) is 0 Å². The van der Waals surface area contributed by atoms with E-state index in [9.17, 15) is 13.2 Å². The number of nitrogens with two attached hydrogens (primary N) is 1. The molecule has 0 saturated carbocycles. The Morgan fingerprint density at radius 3 is 2.72 bits per heavy atom. The number of aliphatic hydroxyl groups excluding tert-OH is 1. The average Bonchev–Trinajstić information content (AvgIpc) is 2.25. The van der Waals surface area contributed by atoms with Crippen LogP contribution in [0.25, 0.3) is 0 Å². The van der Waals surface area contributed by atoms with E-state index in [-0.39, 0.29) is 11.5 Å². The zero-order valence-corrected chi connectivity index (χ0v) is 10.7. The molecule has 1 aromatic rings. The summed E-state index contributed by atoms with van der Waals surface area (Å²) in [5.74, 6) is -1.35. The molecule has 6 nitrogen and oxygen atoms in total. The summed E-state index contributed by atoms with van der Waals surface area (Å²) in [7, 11) is -3.74. The van der Waals surface area contributed by atoms with Crippen LogP contribution in [0, 0.1) is 0 Å². The van der Waals surface area contributed by atoms with Crippen molar-refractivity contribution in [3.05, 3.63) is 24.3 Å². The van der Waals surface area contributed by atoms with Gasteiger partial charge in [-0.15, -0.1) is 0 Å².